The van der Waals surface area contributed by atoms with Gasteiger partial charge in [-0.05, 0) is 48.5 Å². The van der Waals surface area contributed by atoms with Crippen molar-refractivity contribution in [1.82, 2.24) is 30.3 Å². The van der Waals surface area contributed by atoms with Crippen LogP contribution in [-0.4, -0.2) is 79.2 Å². The fraction of sp³-hybridized carbons (Fsp3) is 0.188. The minimum absolute atomic E-state index is 0. The SMILES string of the molecule is Fc1c[c-]c(-c2ccccn2)c(F)c1.Fc1c[c-]c(-c2ccccn2)c(F)c1.O=C(CCCCCC(=O)C(CS(=O)(=O)[O-])NC(=O)c1ccnc2c1ccc1cccnc12)ON1C(=O)CCC1=O.[Ir]. The molecular weight excluding hydrogens is 1100 g/mol. The first-order valence-electron chi connectivity index (χ1n) is 20.6. The molecule has 21 heteroatoms. The molecule has 1 saturated heterocycles. The van der Waals surface area contributed by atoms with Gasteiger partial charge in [-0.3, -0.25) is 46.7 Å². The monoisotopic (exact) mass is 1140 g/mol. The molecule has 1 unspecified atom stereocenters. The van der Waals surface area contributed by atoms with Gasteiger partial charge in [0.2, 0.25) is 0 Å². The van der Waals surface area contributed by atoms with Crippen molar-refractivity contribution in [2.45, 2.75) is 51.0 Å². The maximum absolute atomic E-state index is 13.2. The normalized spacial score (nSPS) is 12.5. The van der Waals surface area contributed by atoms with Gasteiger partial charge < -0.3 is 24.7 Å². The summed E-state index contributed by atoms with van der Waals surface area (Å²) >= 11 is 0. The van der Waals surface area contributed by atoms with Gasteiger partial charge in [0.05, 0.1) is 32.5 Å². The summed E-state index contributed by atoms with van der Waals surface area (Å²) < 4.78 is 86.0. The number of rotatable bonds is 14. The van der Waals surface area contributed by atoms with Crippen LogP contribution in [0.25, 0.3) is 44.3 Å². The van der Waals surface area contributed by atoms with E-state index in [2.05, 4.69) is 37.4 Å². The molecule has 0 aliphatic carbocycles. The van der Waals surface area contributed by atoms with E-state index in [-0.39, 0.29) is 75.3 Å². The zero-order valence-corrected chi connectivity index (χ0v) is 39.1. The number of imide groups is 1. The van der Waals surface area contributed by atoms with Gasteiger partial charge in [-0.2, -0.15) is 0 Å². The summed E-state index contributed by atoms with van der Waals surface area (Å²) in [6.07, 6.45) is 6.62. The number of carbonyl (C=O) groups excluding carboxylic acids is 5. The van der Waals surface area contributed by atoms with Crippen LogP contribution >= 0.6 is 0 Å². The molecule has 5 heterocycles. The number of hydrogen-bond donors (Lipinski definition) is 1. The molecule has 1 fully saturated rings. The second kappa shape index (κ2) is 24.7. The van der Waals surface area contributed by atoms with Crippen molar-refractivity contribution in [3.63, 3.8) is 0 Å². The Hall–Kier alpha value is -7.19. The molecule has 7 aromatic rings. The van der Waals surface area contributed by atoms with Crippen LogP contribution < -0.4 is 5.32 Å². The molecule has 359 valence electrons. The Balaban J connectivity index is 0.000000247. The smallest absolute Gasteiger partial charge is 0.333 e. The zero-order valence-electron chi connectivity index (χ0n) is 35.9. The number of nitrogens with one attached hydrogen (secondary N) is 1. The molecule has 1 N–H and O–H groups in total. The number of nitrogens with zero attached hydrogens (tertiary/aromatic N) is 5. The third kappa shape index (κ3) is 14.9. The third-order valence-electron chi connectivity index (χ3n) is 9.85. The van der Waals surface area contributed by atoms with Gasteiger partial charge in [0, 0.05) is 105 Å². The number of aromatic nitrogens is 4. The van der Waals surface area contributed by atoms with Crippen molar-refractivity contribution in [2.24, 2.45) is 0 Å². The number of ketones is 1. The van der Waals surface area contributed by atoms with Gasteiger partial charge in [-0.15, -0.1) is 29.3 Å². The Bertz CT molecular complexity index is 2980. The summed E-state index contributed by atoms with van der Waals surface area (Å²) in [6, 6.07) is 25.9. The van der Waals surface area contributed by atoms with Crippen molar-refractivity contribution in [3.8, 4) is 22.5 Å². The van der Waals surface area contributed by atoms with Gasteiger partial charge in [-0.1, -0.05) is 72.1 Å². The van der Waals surface area contributed by atoms with Gasteiger partial charge in [0.15, 0.2) is 5.78 Å². The van der Waals surface area contributed by atoms with Gasteiger partial charge in [0.25, 0.3) is 17.7 Å². The Labute approximate surface area is 405 Å². The molecule has 0 spiro atoms. The number of fused-ring (bicyclic) bond motifs is 3. The number of hydrogen-bond acceptors (Lipinski definition) is 13. The summed E-state index contributed by atoms with van der Waals surface area (Å²) in [7, 11) is -4.86. The molecular formula is C48H37F4IrN6O9S-3. The van der Waals surface area contributed by atoms with E-state index >= 15 is 0 Å². The predicted molar refractivity (Wildman–Crippen MR) is 235 cm³/mol. The second-order valence-corrected chi connectivity index (χ2v) is 16.2. The van der Waals surface area contributed by atoms with E-state index in [1.54, 1.807) is 73.2 Å². The average Bonchev–Trinajstić information content (AvgIpc) is 3.63. The summed E-state index contributed by atoms with van der Waals surface area (Å²) in [5.74, 6) is -7.05. The van der Waals surface area contributed by atoms with Crippen LogP contribution in [0.2, 0.25) is 0 Å². The third-order valence-corrected chi connectivity index (χ3v) is 10.6. The molecule has 8 rings (SSSR count). The maximum atomic E-state index is 13.2. The van der Waals surface area contributed by atoms with E-state index in [0.717, 1.165) is 29.7 Å². The average molecular weight is 1140 g/mol. The fourth-order valence-electron chi connectivity index (χ4n) is 6.64. The van der Waals surface area contributed by atoms with Gasteiger partial charge in [-0.25, -0.2) is 13.2 Å². The number of halogens is 4. The Morgan fingerprint density at radius 1 is 0.710 bits per heavy atom. The van der Waals surface area contributed by atoms with E-state index in [1.807, 2.05) is 6.07 Å². The van der Waals surface area contributed by atoms with Crippen molar-refractivity contribution in [1.29, 1.82) is 0 Å². The molecule has 0 bridgehead atoms. The number of unbranched alkanes of at least 4 members (excludes halogenated alkanes) is 2. The van der Waals surface area contributed by atoms with E-state index in [4.69, 9.17) is 4.84 Å². The maximum Gasteiger partial charge on any atom is 0.333 e. The Morgan fingerprint density at radius 2 is 1.28 bits per heavy atom. The molecule has 69 heavy (non-hydrogen) atoms. The van der Waals surface area contributed by atoms with Crippen LogP contribution in [-0.2, 0) is 54.2 Å². The van der Waals surface area contributed by atoms with Crippen LogP contribution in [0, 0.1) is 35.4 Å². The van der Waals surface area contributed by atoms with Crippen LogP contribution in [0.3, 0.4) is 0 Å². The molecule has 1 atom stereocenters. The molecule has 1 radical (unpaired) electrons. The Morgan fingerprint density at radius 3 is 1.83 bits per heavy atom. The summed E-state index contributed by atoms with van der Waals surface area (Å²) in [6.45, 7) is 0. The minimum atomic E-state index is -4.86. The quantitative estimate of drug-likeness (QED) is 0.0285. The standard InChI is InChI=1S/C26H26N4O9S.2C11H6F2N.Ir/c31-20(6-2-1-3-7-23(34)39-30-21(32)10-11-22(30)33)19(15-40(36,37)38)29-26(35)18-12-14-28-25-17(18)9-8-16-5-4-13-27-24(16)25;2*12-8-4-5-9(10(13)7-8)11-3-1-2-6-14-11;/h4-5,8-9,12-14,19H,1-3,6-7,10-11,15H2,(H,29,35)(H,36,37,38);2*1-4,6-7H;/q;2*-1;/p-1. The molecule has 1 aliphatic rings. The van der Waals surface area contributed by atoms with Crippen molar-refractivity contribution in [3.05, 3.63) is 157 Å². The molecule has 1 aliphatic heterocycles. The fourth-order valence-corrected chi connectivity index (χ4v) is 7.31. The van der Waals surface area contributed by atoms with E-state index in [1.165, 1.54) is 12.3 Å². The zero-order chi connectivity index (χ0) is 48.8. The number of Topliss-reactive ketones (excluding diaryl/α,β-unsaturated/α-hetero) is 1. The first-order chi connectivity index (χ1) is 32.6. The Kier molecular flexibility index (Phi) is 18.9. The number of benzene rings is 3. The molecule has 4 aromatic heterocycles. The van der Waals surface area contributed by atoms with Crippen molar-refractivity contribution >= 4 is 61.4 Å². The van der Waals surface area contributed by atoms with E-state index in [0.29, 0.717) is 39.3 Å². The number of carbonyl (C=O) groups is 5. The van der Waals surface area contributed by atoms with Crippen LogP contribution in [0.5, 0.6) is 0 Å². The van der Waals surface area contributed by atoms with Crippen LogP contribution in [0.4, 0.5) is 17.6 Å². The largest absolute Gasteiger partial charge is 0.748 e. The number of amides is 3. The van der Waals surface area contributed by atoms with E-state index in [9.17, 15) is 54.5 Å². The summed E-state index contributed by atoms with van der Waals surface area (Å²) in [4.78, 5) is 82.1. The van der Waals surface area contributed by atoms with Gasteiger partial charge >= 0.3 is 5.97 Å². The molecule has 15 nitrogen and oxygen atoms in total. The number of pyridine rings is 4. The van der Waals surface area contributed by atoms with Crippen LogP contribution in [0.1, 0.15) is 55.3 Å². The van der Waals surface area contributed by atoms with Gasteiger partial charge in [0.1, 0.15) is 6.04 Å². The molecule has 3 aromatic carbocycles. The predicted octanol–water partition coefficient (Wildman–Crippen LogP) is 7.20. The summed E-state index contributed by atoms with van der Waals surface area (Å²) in [5, 5.41) is 4.07. The topological polar surface area (TPSA) is 219 Å². The van der Waals surface area contributed by atoms with Crippen molar-refractivity contribution in [2.75, 3.05) is 5.75 Å². The molecule has 3 amide bonds. The van der Waals surface area contributed by atoms with Crippen LogP contribution in [0.15, 0.2) is 116 Å². The number of hydroxylamine groups is 2. The first-order valence-corrected chi connectivity index (χ1v) is 22.2. The summed E-state index contributed by atoms with van der Waals surface area (Å²) in [5.41, 5.74) is 2.41. The van der Waals surface area contributed by atoms with Crippen molar-refractivity contribution < 1.29 is 79.4 Å². The molecule has 0 saturated carbocycles. The first kappa shape index (κ1) is 52.8. The minimum Gasteiger partial charge on any atom is -0.748 e. The van der Waals surface area contributed by atoms with E-state index < -0.39 is 74.7 Å². The second-order valence-electron chi connectivity index (χ2n) is 14.7.